The molecule has 0 saturated heterocycles. The van der Waals surface area contributed by atoms with Gasteiger partial charge >= 0.3 is 5.97 Å². The Bertz CT molecular complexity index is 778. The van der Waals surface area contributed by atoms with Crippen LogP contribution in [0.3, 0.4) is 0 Å². The van der Waals surface area contributed by atoms with Gasteiger partial charge in [-0.1, -0.05) is 42.4 Å². The number of hydrogen-bond donors (Lipinski definition) is 1. The zero-order valence-electron chi connectivity index (χ0n) is 18.1. The third kappa shape index (κ3) is 7.80. The first kappa shape index (κ1) is 22.8. The van der Waals surface area contributed by atoms with E-state index in [9.17, 15) is 9.90 Å². The average Bonchev–Trinajstić information content (AvgIpc) is 3.27. The van der Waals surface area contributed by atoms with Gasteiger partial charge < -0.3 is 14.3 Å². The van der Waals surface area contributed by atoms with Crippen LogP contribution in [0, 0.1) is 5.92 Å². The second-order valence-corrected chi connectivity index (χ2v) is 8.10. The van der Waals surface area contributed by atoms with Crippen molar-refractivity contribution in [2.75, 3.05) is 0 Å². The smallest absolute Gasteiger partial charge is 0.338 e. The van der Waals surface area contributed by atoms with Gasteiger partial charge in [-0.25, -0.2) is 4.79 Å². The molecule has 1 N–H and O–H groups in total. The van der Waals surface area contributed by atoms with Gasteiger partial charge in [0.05, 0.1) is 18.1 Å². The molecule has 29 heavy (non-hydrogen) atoms. The number of cyclic esters (lactones) is 1. The van der Waals surface area contributed by atoms with Crippen molar-refractivity contribution in [3.63, 3.8) is 0 Å². The number of ether oxygens (including phenoxy) is 1. The van der Waals surface area contributed by atoms with Gasteiger partial charge in [-0.15, -0.1) is 0 Å². The van der Waals surface area contributed by atoms with Crippen molar-refractivity contribution in [2.45, 2.75) is 72.3 Å². The lowest BCUT2D eigenvalue weighted by atomic mass is 10.0. The molecule has 0 aliphatic carbocycles. The van der Waals surface area contributed by atoms with Crippen LogP contribution >= 0.6 is 0 Å². The molecule has 2 unspecified atom stereocenters. The first-order valence-electron chi connectivity index (χ1n) is 10.5. The number of esters is 1. The van der Waals surface area contributed by atoms with Crippen molar-refractivity contribution >= 4 is 5.97 Å². The van der Waals surface area contributed by atoms with Gasteiger partial charge in [0.1, 0.15) is 5.76 Å². The maximum absolute atomic E-state index is 11.5. The maximum atomic E-state index is 11.5. The summed E-state index contributed by atoms with van der Waals surface area (Å²) in [5, 5.41) is 9.92. The maximum Gasteiger partial charge on any atom is 0.338 e. The zero-order chi connectivity index (χ0) is 21.2. The van der Waals surface area contributed by atoms with Crippen LogP contribution in [0.5, 0.6) is 0 Å². The number of carbonyl (C=O) groups excluding carboxylic acids is 1. The number of allylic oxidation sites excluding steroid dienone is 5. The Morgan fingerprint density at radius 2 is 2.10 bits per heavy atom. The second kappa shape index (κ2) is 11.5. The molecule has 0 radical (unpaired) electrons. The van der Waals surface area contributed by atoms with E-state index in [1.54, 1.807) is 13.2 Å². The molecule has 2 atom stereocenters. The molecule has 158 valence electrons. The third-order valence-corrected chi connectivity index (χ3v) is 5.30. The monoisotopic (exact) mass is 398 g/mol. The van der Waals surface area contributed by atoms with Gasteiger partial charge in [0.15, 0.2) is 6.10 Å². The quantitative estimate of drug-likeness (QED) is 0.259. The van der Waals surface area contributed by atoms with Gasteiger partial charge in [-0.05, 0) is 70.4 Å². The molecule has 0 bridgehead atoms. The molecular formula is C25H34O4. The van der Waals surface area contributed by atoms with Crippen molar-refractivity contribution in [3.05, 3.63) is 70.9 Å². The summed E-state index contributed by atoms with van der Waals surface area (Å²) in [4.78, 5) is 11.5. The van der Waals surface area contributed by atoms with E-state index in [1.807, 2.05) is 19.3 Å². The summed E-state index contributed by atoms with van der Waals surface area (Å²) in [6.07, 6.45) is 17.7. The van der Waals surface area contributed by atoms with Gasteiger partial charge in [-0.3, -0.25) is 0 Å². The van der Waals surface area contributed by atoms with Crippen molar-refractivity contribution < 1.29 is 19.1 Å². The zero-order valence-corrected chi connectivity index (χ0v) is 18.1. The second-order valence-electron chi connectivity index (χ2n) is 8.10. The summed E-state index contributed by atoms with van der Waals surface area (Å²) in [6.45, 7) is 8.02. The Balaban J connectivity index is 1.65. The molecule has 1 aliphatic heterocycles. The van der Waals surface area contributed by atoms with Crippen LogP contribution in [0.15, 0.2) is 69.8 Å². The van der Waals surface area contributed by atoms with Crippen LogP contribution in [0.25, 0.3) is 0 Å². The topological polar surface area (TPSA) is 59.7 Å². The van der Waals surface area contributed by atoms with Gasteiger partial charge in [-0.2, -0.15) is 0 Å². The summed E-state index contributed by atoms with van der Waals surface area (Å²) in [6, 6.07) is 2.03. The van der Waals surface area contributed by atoms with Crippen LogP contribution in [0.2, 0.25) is 0 Å². The summed E-state index contributed by atoms with van der Waals surface area (Å²) in [5.41, 5.74) is 4.11. The van der Waals surface area contributed by atoms with E-state index in [4.69, 9.17) is 9.15 Å². The fourth-order valence-electron chi connectivity index (χ4n) is 3.32. The van der Waals surface area contributed by atoms with Crippen LogP contribution < -0.4 is 0 Å². The average molecular weight is 399 g/mol. The van der Waals surface area contributed by atoms with Crippen molar-refractivity contribution in [1.29, 1.82) is 0 Å². The number of furan rings is 1. The fourth-order valence-corrected chi connectivity index (χ4v) is 3.32. The molecule has 1 aromatic heterocycles. The molecule has 1 aliphatic rings. The van der Waals surface area contributed by atoms with Crippen molar-refractivity contribution in [3.8, 4) is 0 Å². The highest BCUT2D eigenvalue weighted by Gasteiger charge is 2.31. The van der Waals surface area contributed by atoms with E-state index < -0.39 is 12.1 Å². The minimum Gasteiger partial charge on any atom is -0.508 e. The van der Waals surface area contributed by atoms with Gasteiger partial charge in [0.25, 0.3) is 0 Å². The number of aryl methyl sites for hydroxylation is 1. The van der Waals surface area contributed by atoms with Crippen LogP contribution in [-0.2, 0) is 16.0 Å². The van der Waals surface area contributed by atoms with E-state index in [0.29, 0.717) is 17.9 Å². The third-order valence-electron chi connectivity index (χ3n) is 5.30. The largest absolute Gasteiger partial charge is 0.508 e. The molecule has 4 heteroatoms. The van der Waals surface area contributed by atoms with Crippen molar-refractivity contribution in [1.82, 2.24) is 0 Å². The van der Waals surface area contributed by atoms with E-state index in [2.05, 4.69) is 38.2 Å². The standard InChI is InChI=1S/C25H34O4/c1-18(8-5-9-19(2)11-7-13-22-14-15-28-17-22)10-6-12-20(3)16-23-24(26)21(4)25(27)29-23/h5,8-9,12,14-15,17-18,23,26H,6-7,10-11,13,16H2,1-4H3/b8-5+,19-9+,20-12-. The van der Waals surface area contributed by atoms with E-state index >= 15 is 0 Å². The Kier molecular flexibility index (Phi) is 9.04. The molecule has 0 saturated carbocycles. The normalized spacial score (nSPS) is 19.3. The van der Waals surface area contributed by atoms with Crippen LogP contribution in [0.4, 0.5) is 0 Å². The summed E-state index contributed by atoms with van der Waals surface area (Å²) < 4.78 is 10.3. The lowest BCUT2D eigenvalue weighted by Crippen LogP contribution is -2.12. The molecule has 0 amide bonds. The molecular weight excluding hydrogens is 364 g/mol. The van der Waals surface area contributed by atoms with Crippen LogP contribution in [0.1, 0.15) is 65.4 Å². The Labute approximate surface area is 174 Å². The van der Waals surface area contributed by atoms with E-state index in [-0.39, 0.29) is 5.76 Å². The Morgan fingerprint density at radius 3 is 2.76 bits per heavy atom. The molecule has 0 aromatic carbocycles. The first-order chi connectivity index (χ1) is 13.9. The predicted molar refractivity (Wildman–Crippen MR) is 117 cm³/mol. The number of carbonyl (C=O) groups is 1. The lowest BCUT2D eigenvalue weighted by Gasteiger charge is -2.11. The molecule has 4 nitrogen and oxygen atoms in total. The summed E-state index contributed by atoms with van der Waals surface area (Å²) in [5.74, 6) is 0.156. The number of aliphatic hydroxyl groups is 1. The minimum absolute atomic E-state index is 0.0750. The Hall–Kier alpha value is -2.49. The lowest BCUT2D eigenvalue weighted by molar-refractivity contribution is -0.140. The number of aliphatic hydroxyl groups excluding tert-OH is 1. The first-order valence-corrected chi connectivity index (χ1v) is 10.5. The predicted octanol–water partition coefficient (Wildman–Crippen LogP) is 6.61. The van der Waals surface area contributed by atoms with Gasteiger partial charge in [0, 0.05) is 6.42 Å². The Morgan fingerprint density at radius 1 is 1.31 bits per heavy atom. The number of rotatable bonds is 11. The van der Waals surface area contributed by atoms with Gasteiger partial charge in [0.2, 0.25) is 0 Å². The SMILES string of the molecule is CC1=C(O)C(C/C(C)=C\CCC(C)/C=C/C=C(\C)CCCc2ccoc2)OC1=O. The number of hydrogen-bond acceptors (Lipinski definition) is 4. The molecule has 2 heterocycles. The molecule has 1 aromatic rings. The van der Waals surface area contributed by atoms with E-state index in [1.165, 1.54) is 11.1 Å². The van der Waals surface area contributed by atoms with Crippen LogP contribution in [-0.4, -0.2) is 17.2 Å². The highest BCUT2D eigenvalue weighted by molar-refractivity contribution is 5.91. The minimum atomic E-state index is -0.516. The highest BCUT2D eigenvalue weighted by atomic mass is 16.6. The fraction of sp³-hybridized carbons (Fsp3) is 0.480. The summed E-state index contributed by atoms with van der Waals surface area (Å²) in [7, 11) is 0. The molecule has 2 rings (SSSR count). The highest BCUT2D eigenvalue weighted by Crippen LogP contribution is 2.25. The molecule has 0 fully saturated rings. The van der Waals surface area contributed by atoms with E-state index in [0.717, 1.165) is 37.7 Å². The van der Waals surface area contributed by atoms with Crippen molar-refractivity contribution in [2.24, 2.45) is 5.92 Å². The molecule has 0 spiro atoms. The summed E-state index contributed by atoms with van der Waals surface area (Å²) >= 11 is 0.